The van der Waals surface area contributed by atoms with Crippen molar-refractivity contribution in [3.63, 3.8) is 0 Å². The van der Waals surface area contributed by atoms with Crippen molar-refractivity contribution in [1.29, 1.82) is 5.26 Å². The van der Waals surface area contributed by atoms with Gasteiger partial charge in [0.2, 0.25) is 0 Å². The lowest BCUT2D eigenvalue weighted by Crippen LogP contribution is -2.25. The molecule has 1 aromatic rings. The quantitative estimate of drug-likeness (QED) is 0.769. The molecule has 1 rings (SSSR count). The van der Waals surface area contributed by atoms with Gasteiger partial charge >= 0.3 is 0 Å². The number of rotatable bonds is 2. The molecule has 0 N–H and O–H groups in total. The molecule has 76 valence electrons. The summed E-state index contributed by atoms with van der Waals surface area (Å²) in [5, 5.41) is 8.78. The fraction of sp³-hybridized carbons (Fsp3) is 0.250. The summed E-state index contributed by atoms with van der Waals surface area (Å²) in [6.45, 7) is 3.58. The molecule has 0 aliphatic carbocycles. The largest absolute Gasteiger partial charge is 0.475 e. The molecule has 3 heteroatoms. The number of halogens is 1. The second-order valence-corrected chi connectivity index (χ2v) is 4.46. The molecule has 0 heterocycles. The highest BCUT2D eigenvalue weighted by Gasteiger charge is 2.16. The van der Waals surface area contributed by atoms with Gasteiger partial charge in [0.25, 0.3) is 0 Å². The molecule has 0 aliphatic rings. The third kappa shape index (κ3) is 3.31. The van der Waals surface area contributed by atoms with Gasteiger partial charge in [-0.3, -0.25) is 0 Å². The van der Waals surface area contributed by atoms with E-state index in [-0.39, 0.29) is 0 Å². The van der Waals surface area contributed by atoms with Gasteiger partial charge in [0.1, 0.15) is 5.75 Å². The monoisotopic (exact) mass is 263 g/mol. The van der Waals surface area contributed by atoms with Crippen LogP contribution >= 0.6 is 15.9 Å². The van der Waals surface area contributed by atoms with E-state index in [1.165, 1.54) is 0 Å². The van der Waals surface area contributed by atoms with Crippen LogP contribution in [0, 0.1) is 23.7 Å². The molecule has 0 aliphatic heterocycles. The Labute approximate surface area is 98.0 Å². The zero-order valence-electron chi connectivity index (χ0n) is 8.54. The molecule has 0 saturated carbocycles. The third-order valence-corrected chi connectivity index (χ3v) is 2.18. The van der Waals surface area contributed by atoms with Gasteiger partial charge in [-0.1, -0.05) is 21.9 Å². The maximum absolute atomic E-state index is 8.78. The van der Waals surface area contributed by atoms with Crippen LogP contribution in [0.2, 0.25) is 0 Å². The van der Waals surface area contributed by atoms with Gasteiger partial charge in [0, 0.05) is 4.47 Å². The molecule has 0 spiro atoms. The molecular weight excluding hydrogens is 254 g/mol. The van der Waals surface area contributed by atoms with Crippen molar-refractivity contribution in [3.05, 3.63) is 28.2 Å². The molecule has 0 radical (unpaired) electrons. The Morgan fingerprint density at radius 1 is 1.40 bits per heavy atom. The van der Waals surface area contributed by atoms with Gasteiger partial charge < -0.3 is 4.74 Å². The highest BCUT2D eigenvalue weighted by atomic mass is 79.9. The number of ether oxygens (including phenoxy) is 1. The second kappa shape index (κ2) is 4.38. The van der Waals surface area contributed by atoms with E-state index < -0.39 is 5.60 Å². The van der Waals surface area contributed by atoms with Gasteiger partial charge in [-0.2, -0.15) is 5.26 Å². The van der Waals surface area contributed by atoms with Crippen LogP contribution in [0.15, 0.2) is 22.7 Å². The van der Waals surface area contributed by atoms with Crippen LogP contribution in [0.4, 0.5) is 0 Å². The maximum atomic E-state index is 8.78. The van der Waals surface area contributed by atoms with Crippen LogP contribution in [0.25, 0.3) is 0 Å². The normalized spacial score (nSPS) is 10.2. The lowest BCUT2D eigenvalue weighted by Gasteiger charge is -2.20. The van der Waals surface area contributed by atoms with E-state index in [0.717, 1.165) is 4.47 Å². The first-order valence-corrected chi connectivity index (χ1v) is 5.13. The number of terminal acetylenes is 1. The number of hydrogen-bond donors (Lipinski definition) is 0. The van der Waals surface area contributed by atoms with Gasteiger partial charge in [-0.05, 0) is 32.0 Å². The van der Waals surface area contributed by atoms with E-state index >= 15 is 0 Å². The average Bonchev–Trinajstić information content (AvgIpc) is 2.16. The fourth-order valence-corrected chi connectivity index (χ4v) is 1.48. The topological polar surface area (TPSA) is 33.0 Å². The standard InChI is InChI=1S/C12H10BrNO/c1-4-12(2,3)15-11-6-9(8-14)5-10(13)7-11/h1,5-7H,2-3H3. The molecule has 0 bridgehead atoms. The summed E-state index contributed by atoms with van der Waals surface area (Å²) in [5.74, 6) is 3.11. The van der Waals surface area contributed by atoms with Crippen LogP contribution < -0.4 is 4.74 Å². The van der Waals surface area contributed by atoms with Gasteiger partial charge in [0.05, 0.1) is 11.6 Å². The summed E-state index contributed by atoms with van der Waals surface area (Å²) < 4.78 is 6.35. The van der Waals surface area contributed by atoms with Crippen molar-refractivity contribution in [1.82, 2.24) is 0 Å². The van der Waals surface area contributed by atoms with Gasteiger partial charge in [-0.15, -0.1) is 6.42 Å². The number of nitrogens with zero attached hydrogens (tertiary/aromatic N) is 1. The molecule has 0 unspecified atom stereocenters. The summed E-state index contributed by atoms with van der Waals surface area (Å²) in [6, 6.07) is 7.20. The molecule has 0 atom stereocenters. The highest BCUT2D eigenvalue weighted by Crippen LogP contribution is 2.24. The summed E-state index contributed by atoms with van der Waals surface area (Å²) in [6.07, 6.45) is 5.31. The molecule has 2 nitrogen and oxygen atoms in total. The molecule has 0 amide bonds. The van der Waals surface area contributed by atoms with Gasteiger partial charge in [0.15, 0.2) is 5.60 Å². The third-order valence-electron chi connectivity index (χ3n) is 1.72. The van der Waals surface area contributed by atoms with E-state index in [1.54, 1.807) is 32.0 Å². The average molecular weight is 264 g/mol. The molecular formula is C12H10BrNO. The number of hydrogen-bond acceptors (Lipinski definition) is 2. The fourth-order valence-electron chi connectivity index (χ4n) is 1.01. The van der Waals surface area contributed by atoms with E-state index in [4.69, 9.17) is 16.4 Å². The minimum Gasteiger partial charge on any atom is -0.475 e. The zero-order chi connectivity index (χ0) is 11.5. The summed E-state index contributed by atoms with van der Waals surface area (Å²) in [7, 11) is 0. The van der Waals surface area contributed by atoms with E-state index in [2.05, 4.69) is 27.9 Å². The first kappa shape index (κ1) is 11.6. The van der Waals surface area contributed by atoms with Crippen molar-refractivity contribution in [3.8, 4) is 24.2 Å². The van der Waals surface area contributed by atoms with Crippen molar-refractivity contribution in [2.75, 3.05) is 0 Å². The summed E-state index contributed by atoms with van der Waals surface area (Å²) in [5.41, 5.74) is -0.139. The Balaban J connectivity index is 3.03. The smallest absolute Gasteiger partial charge is 0.163 e. The summed E-state index contributed by atoms with van der Waals surface area (Å²) in [4.78, 5) is 0. The van der Waals surface area contributed by atoms with Crippen LogP contribution in [-0.2, 0) is 0 Å². The van der Waals surface area contributed by atoms with Crippen LogP contribution in [0.5, 0.6) is 5.75 Å². The molecule has 0 aromatic heterocycles. The SMILES string of the molecule is C#CC(C)(C)Oc1cc(Br)cc(C#N)c1. The first-order valence-electron chi connectivity index (χ1n) is 4.34. The Hall–Kier alpha value is -1.45. The maximum Gasteiger partial charge on any atom is 0.163 e. The minimum atomic E-state index is -0.673. The highest BCUT2D eigenvalue weighted by molar-refractivity contribution is 9.10. The van der Waals surface area contributed by atoms with Crippen molar-refractivity contribution in [2.24, 2.45) is 0 Å². The van der Waals surface area contributed by atoms with E-state index in [9.17, 15) is 0 Å². The molecule has 0 fully saturated rings. The van der Waals surface area contributed by atoms with Crippen molar-refractivity contribution in [2.45, 2.75) is 19.4 Å². The Bertz CT molecular complexity index is 452. The Kier molecular flexibility index (Phi) is 3.39. The van der Waals surface area contributed by atoms with Gasteiger partial charge in [-0.25, -0.2) is 0 Å². The minimum absolute atomic E-state index is 0.534. The Morgan fingerprint density at radius 3 is 2.60 bits per heavy atom. The summed E-state index contributed by atoms with van der Waals surface area (Å²) >= 11 is 3.30. The second-order valence-electron chi connectivity index (χ2n) is 3.54. The van der Waals surface area contributed by atoms with Crippen molar-refractivity contribution < 1.29 is 4.74 Å². The first-order chi connectivity index (χ1) is 6.96. The van der Waals surface area contributed by atoms with E-state index in [1.807, 2.05) is 0 Å². The van der Waals surface area contributed by atoms with E-state index in [0.29, 0.717) is 11.3 Å². The van der Waals surface area contributed by atoms with Crippen LogP contribution in [0.3, 0.4) is 0 Å². The number of benzene rings is 1. The van der Waals surface area contributed by atoms with Crippen LogP contribution in [-0.4, -0.2) is 5.60 Å². The van der Waals surface area contributed by atoms with Crippen molar-refractivity contribution >= 4 is 15.9 Å². The zero-order valence-corrected chi connectivity index (χ0v) is 10.1. The lowest BCUT2D eigenvalue weighted by atomic mass is 10.1. The predicted octanol–water partition coefficient (Wildman–Crippen LogP) is 3.11. The lowest BCUT2D eigenvalue weighted by molar-refractivity contribution is 0.172. The molecule has 1 aromatic carbocycles. The predicted molar refractivity (Wildman–Crippen MR) is 62.4 cm³/mol. The van der Waals surface area contributed by atoms with Crippen LogP contribution in [0.1, 0.15) is 19.4 Å². The molecule has 15 heavy (non-hydrogen) atoms. The Morgan fingerprint density at radius 2 is 2.07 bits per heavy atom. The molecule has 0 saturated heterocycles. The number of nitriles is 1.